The lowest BCUT2D eigenvalue weighted by Crippen LogP contribution is -2.21. The third-order valence-electron chi connectivity index (χ3n) is 3.66. The summed E-state index contributed by atoms with van der Waals surface area (Å²) in [7, 11) is 0. The minimum atomic E-state index is 0.698. The number of rotatable bonds is 5. The smallest absolute Gasteiger partial charge is 0.185 e. The van der Waals surface area contributed by atoms with Gasteiger partial charge in [0.2, 0.25) is 0 Å². The summed E-state index contributed by atoms with van der Waals surface area (Å²) in [5.74, 6) is 2.27. The number of nitrogens with zero attached hydrogens (tertiary/aromatic N) is 2. The Morgan fingerprint density at radius 1 is 1.39 bits per heavy atom. The summed E-state index contributed by atoms with van der Waals surface area (Å²) in [4.78, 5) is 7.18. The molecule has 1 aromatic heterocycles. The summed E-state index contributed by atoms with van der Waals surface area (Å²) in [6.07, 6.45) is 0. The van der Waals surface area contributed by atoms with E-state index in [-0.39, 0.29) is 0 Å². The van der Waals surface area contributed by atoms with Gasteiger partial charge in [-0.15, -0.1) is 11.3 Å². The molecule has 0 aromatic carbocycles. The summed E-state index contributed by atoms with van der Waals surface area (Å²) < 4.78 is 0. The zero-order valence-electron chi connectivity index (χ0n) is 11.9. The van der Waals surface area contributed by atoms with Gasteiger partial charge in [-0.3, -0.25) is 0 Å². The fraction of sp³-hybridized carbons (Fsp3) is 0.786. The third kappa shape index (κ3) is 3.45. The molecule has 0 saturated carbocycles. The zero-order chi connectivity index (χ0) is 13.1. The summed E-state index contributed by atoms with van der Waals surface area (Å²) in [6.45, 7) is 13.4. The predicted molar refractivity (Wildman–Crippen MR) is 79.2 cm³/mol. The van der Waals surface area contributed by atoms with Crippen molar-refractivity contribution in [2.45, 2.75) is 34.2 Å². The second kappa shape index (κ2) is 6.02. The van der Waals surface area contributed by atoms with Gasteiger partial charge in [-0.1, -0.05) is 27.7 Å². The highest BCUT2D eigenvalue weighted by molar-refractivity contribution is 7.13. The zero-order valence-corrected chi connectivity index (χ0v) is 12.8. The molecular formula is C14H25N3S. The average Bonchev–Trinajstić information content (AvgIpc) is 2.87. The van der Waals surface area contributed by atoms with Crippen LogP contribution < -0.4 is 10.2 Å². The molecule has 2 rings (SSSR count). The van der Waals surface area contributed by atoms with E-state index in [9.17, 15) is 0 Å². The number of anilines is 1. The number of hydrogen-bond donors (Lipinski definition) is 1. The summed E-state index contributed by atoms with van der Waals surface area (Å²) in [6, 6.07) is 0. The van der Waals surface area contributed by atoms with Crippen molar-refractivity contribution in [3.8, 4) is 0 Å². The van der Waals surface area contributed by atoms with E-state index >= 15 is 0 Å². The maximum Gasteiger partial charge on any atom is 0.185 e. The normalized spacial score (nSPS) is 24.2. The highest BCUT2D eigenvalue weighted by Crippen LogP contribution is 2.29. The largest absolute Gasteiger partial charge is 0.348 e. The van der Waals surface area contributed by atoms with Crippen LogP contribution in [0.15, 0.2) is 5.38 Å². The van der Waals surface area contributed by atoms with Gasteiger partial charge in [0.15, 0.2) is 5.13 Å². The van der Waals surface area contributed by atoms with E-state index in [0.717, 1.165) is 38.0 Å². The molecule has 18 heavy (non-hydrogen) atoms. The van der Waals surface area contributed by atoms with Gasteiger partial charge in [0.25, 0.3) is 0 Å². The van der Waals surface area contributed by atoms with Crippen molar-refractivity contribution in [2.24, 2.45) is 17.8 Å². The van der Waals surface area contributed by atoms with E-state index in [1.54, 1.807) is 11.3 Å². The van der Waals surface area contributed by atoms with Gasteiger partial charge in [0.1, 0.15) is 0 Å². The first-order valence-corrected chi connectivity index (χ1v) is 7.84. The topological polar surface area (TPSA) is 28.2 Å². The Bertz CT molecular complexity index is 365. The first-order valence-electron chi connectivity index (χ1n) is 6.96. The maximum atomic E-state index is 4.74. The second-order valence-corrected chi connectivity index (χ2v) is 6.84. The molecule has 2 atom stereocenters. The van der Waals surface area contributed by atoms with Gasteiger partial charge in [-0.25, -0.2) is 4.98 Å². The van der Waals surface area contributed by atoms with Gasteiger partial charge < -0.3 is 10.2 Å². The molecule has 0 radical (unpaired) electrons. The van der Waals surface area contributed by atoms with Crippen molar-refractivity contribution in [3.63, 3.8) is 0 Å². The highest BCUT2D eigenvalue weighted by Gasteiger charge is 2.27. The summed E-state index contributed by atoms with van der Waals surface area (Å²) in [5.41, 5.74) is 1.18. The Kier molecular flexibility index (Phi) is 4.62. The van der Waals surface area contributed by atoms with Gasteiger partial charge >= 0.3 is 0 Å². The molecule has 0 amide bonds. The van der Waals surface area contributed by atoms with Crippen LogP contribution in [0.1, 0.15) is 33.4 Å². The lowest BCUT2D eigenvalue weighted by molar-refractivity contribution is 0.494. The molecule has 102 valence electrons. The standard InChI is InChI=1S/C14H25N3S/c1-10(2)5-15-6-13-9-18-14(16-13)17-7-11(3)12(4)8-17/h9-12,15H,5-8H2,1-4H3. The Morgan fingerprint density at radius 3 is 2.67 bits per heavy atom. The molecular weight excluding hydrogens is 242 g/mol. The van der Waals surface area contributed by atoms with Crippen LogP contribution >= 0.6 is 11.3 Å². The molecule has 0 bridgehead atoms. The number of hydrogen-bond acceptors (Lipinski definition) is 4. The predicted octanol–water partition coefficient (Wildman–Crippen LogP) is 2.98. The number of nitrogens with one attached hydrogen (secondary N) is 1. The molecule has 1 aliphatic heterocycles. The molecule has 1 N–H and O–H groups in total. The van der Waals surface area contributed by atoms with Crippen molar-refractivity contribution < 1.29 is 0 Å². The van der Waals surface area contributed by atoms with Crippen LogP contribution in [0.25, 0.3) is 0 Å². The molecule has 1 fully saturated rings. The minimum absolute atomic E-state index is 0.698. The molecule has 1 aromatic rings. The molecule has 2 heterocycles. The van der Waals surface area contributed by atoms with Crippen molar-refractivity contribution >= 4 is 16.5 Å². The van der Waals surface area contributed by atoms with Crippen molar-refractivity contribution in [3.05, 3.63) is 11.1 Å². The fourth-order valence-corrected chi connectivity index (χ4v) is 3.14. The van der Waals surface area contributed by atoms with E-state index < -0.39 is 0 Å². The van der Waals surface area contributed by atoms with E-state index in [2.05, 4.69) is 43.3 Å². The van der Waals surface area contributed by atoms with E-state index in [1.807, 2.05) is 0 Å². The molecule has 2 unspecified atom stereocenters. The summed E-state index contributed by atoms with van der Waals surface area (Å²) in [5, 5.41) is 6.84. The Morgan fingerprint density at radius 2 is 2.06 bits per heavy atom. The first kappa shape index (κ1) is 13.8. The quantitative estimate of drug-likeness (QED) is 0.889. The molecule has 4 heteroatoms. The maximum absolute atomic E-state index is 4.74. The Balaban J connectivity index is 1.86. The monoisotopic (exact) mass is 267 g/mol. The lowest BCUT2D eigenvalue weighted by atomic mass is 10.0. The Hall–Kier alpha value is -0.610. The molecule has 0 spiro atoms. The van der Waals surface area contributed by atoms with Crippen molar-refractivity contribution in [1.82, 2.24) is 10.3 Å². The second-order valence-electron chi connectivity index (χ2n) is 6.01. The first-order chi connectivity index (χ1) is 8.56. The highest BCUT2D eigenvalue weighted by atomic mass is 32.1. The summed E-state index contributed by atoms with van der Waals surface area (Å²) >= 11 is 1.78. The number of aromatic nitrogens is 1. The third-order valence-corrected chi connectivity index (χ3v) is 4.61. The van der Waals surface area contributed by atoms with Crippen molar-refractivity contribution in [2.75, 3.05) is 24.5 Å². The SMILES string of the molecule is CC(C)CNCc1csc(N2CC(C)C(C)C2)n1. The molecule has 1 saturated heterocycles. The van der Waals surface area contributed by atoms with Crippen LogP contribution in [0.2, 0.25) is 0 Å². The van der Waals surface area contributed by atoms with Crippen LogP contribution in [0.4, 0.5) is 5.13 Å². The van der Waals surface area contributed by atoms with E-state index in [4.69, 9.17) is 4.98 Å². The van der Waals surface area contributed by atoms with Crippen LogP contribution in [0.3, 0.4) is 0 Å². The van der Waals surface area contributed by atoms with Gasteiger partial charge in [0, 0.05) is 25.0 Å². The van der Waals surface area contributed by atoms with E-state index in [0.29, 0.717) is 5.92 Å². The average molecular weight is 267 g/mol. The molecule has 1 aliphatic rings. The number of thiazole rings is 1. The molecule has 3 nitrogen and oxygen atoms in total. The van der Waals surface area contributed by atoms with Crippen LogP contribution in [0, 0.1) is 17.8 Å². The minimum Gasteiger partial charge on any atom is -0.348 e. The Labute approximate surface area is 115 Å². The van der Waals surface area contributed by atoms with Crippen LogP contribution in [-0.2, 0) is 6.54 Å². The van der Waals surface area contributed by atoms with Crippen molar-refractivity contribution in [1.29, 1.82) is 0 Å². The van der Waals surface area contributed by atoms with Gasteiger partial charge in [-0.05, 0) is 24.3 Å². The van der Waals surface area contributed by atoms with Gasteiger partial charge in [0.05, 0.1) is 5.69 Å². The van der Waals surface area contributed by atoms with Crippen LogP contribution in [-0.4, -0.2) is 24.6 Å². The van der Waals surface area contributed by atoms with Crippen LogP contribution in [0.5, 0.6) is 0 Å². The fourth-order valence-electron chi connectivity index (χ4n) is 2.30. The van der Waals surface area contributed by atoms with E-state index in [1.165, 1.54) is 10.8 Å². The lowest BCUT2D eigenvalue weighted by Gasteiger charge is -2.13. The van der Waals surface area contributed by atoms with Gasteiger partial charge in [-0.2, -0.15) is 0 Å². The molecule has 0 aliphatic carbocycles.